The minimum atomic E-state index is 0.414. The Labute approximate surface area is 52.2 Å². The second kappa shape index (κ2) is 1.56. The molecule has 1 radical (unpaired) electrons. The number of aromatic nitrogens is 2. The zero-order valence-electron chi connectivity index (χ0n) is 4.84. The molecule has 3 heteroatoms. The van der Waals surface area contributed by atoms with Gasteiger partial charge in [0.2, 0.25) is 0 Å². The van der Waals surface area contributed by atoms with Gasteiger partial charge in [0, 0.05) is 5.92 Å². The van der Waals surface area contributed by atoms with Crippen molar-refractivity contribution in [3.8, 4) is 0 Å². The Hall–Kier alpha value is -0.860. The molecule has 1 heterocycles. The van der Waals surface area contributed by atoms with Gasteiger partial charge >= 0.3 is 0 Å². The van der Waals surface area contributed by atoms with E-state index in [4.69, 9.17) is 0 Å². The minimum absolute atomic E-state index is 0.414. The fourth-order valence-corrected chi connectivity index (χ4v) is 0.904. The number of hydrogen-bond donors (Lipinski definition) is 0. The SMILES string of the molecule is Fn1n[c]cc1C1CC1. The van der Waals surface area contributed by atoms with Gasteiger partial charge < -0.3 is 0 Å². The number of hydrogen-bond acceptors (Lipinski definition) is 1. The predicted molar refractivity (Wildman–Crippen MR) is 29.5 cm³/mol. The van der Waals surface area contributed by atoms with Gasteiger partial charge in [0.05, 0.1) is 5.69 Å². The summed E-state index contributed by atoms with van der Waals surface area (Å²) in [5.74, 6) is 0.425. The molecule has 1 aliphatic carbocycles. The Bertz CT molecular complexity index is 215. The largest absolute Gasteiger partial charge is 0.140 e. The molecule has 1 saturated carbocycles. The Morgan fingerprint density at radius 3 is 3.00 bits per heavy atom. The van der Waals surface area contributed by atoms with Gasteiger partial charge in [-0.25, -0.2) is 0 Å². The topological polar surface area (TPSA) is 17.8 Å². The molecule has 1 aromatic rings. The summed E-state index contributed by atoms with van der Waals surface area (Å²) in [6, 6.07) is 1.61. The first-order valence-electron chi connectivity index (χ1n) is 3.00. The summed E-state index contributed by atoms with van der Waals surface area (Å²) in [4.78, 5) is 0.414. The van der Waals surface area contributed by atoms with E-state index in [1.807, 2.05) is 0 Å². The van der Waals surface area contributed by atoms with Crippen LogP contribution in [0.25, 0.3) is 0 Å². The summed E-state index contributed by atoms with van der Waals surface area (Å²) in [6.45, 7) is 0. The van der Waals surface area contributed by atoms with Crippen LogP contribution in [0.1, 0.15) is 24.5 Å². The molecule has 0 aliphatic heterocycles. The molecule has 9 heavy (non-hydrogen) atoms. The van der Waals surface area contributed by atoms with Crippen LogP contribution in [0.5, 0.6) is 0 Å². The van der Waals surface area contributed by atoms with Crippen molar-refractivity contribution in [3.05, 3.63) is 18.0 Å². The highest BCUT2D eigenvalue weighted by atomic mass is 19.2. The zero-order valence-corrected chi connectivity index (χ0v) is 4.84. The molecule has 1 aromatic heterocycles. The van der Waals surface area contributed by atoms with Gasteiger partial charge in [-0.2, -0.15) is 0 Å². The molecule has 0 atom stereocenters. The second-order valence-corrected chi connectivity index (χ2v) is 2.33. The van der Waals surface area contributed by atoms with E-state index in [2.05, 4.69) is 11.3 Å². The third-order valence-corrected chi connectivity index (χ3v) is 1.57. The van der Waals surface area contributed by atoms with Gasteiger partial charge in [-0.05, 0) is 18.9 Å². The van der Waals surface area contributed by atoms with E-state index in [1.165, 1.54) is 0 Å². The maximum atomic E-state index is 12.4. The lowest BCUT2D eigenvalue weighted by molar-refractivity contribution is 0.301. The van der Waals surface area contributed by atoms with Crippen LogP contribution in [0, 0.1) is 6.20 Å². The Kier molecular flexibility index (Phi) is 0.860. The average molecular weight is 125 g/mol. The van der Waals surface area contributed by atoms with Crippen LogP contribution in [-0.2, 0) is 0 Å². The molecular formula is C6H6FN2. The fraction of sp³-hybridized carbons (Fsp3) is 0.500. The van der Waals surface area contributed by atoms with Crippen molar-refractivity contribution in [2.75, 3.05) is 0 Å². The first-order chi connectivity index (χ1) is 4.38. The average Bonchev–Trinajstić information content (AvgIpc) is 2.58. The van der Waals surface area contributed by atoms with E-state index in [0.29, 0.717) is 16.5 Å². The van der Waals surface area contributed by atoms with Crippen LogP contribution in [0.4, 0.5) is 4.48 Å². The van der Waals surface area contributed by atoms with Gasteiger partial charge in [-0.1, -0.05) is 9.39 Å². The van der Waals surface area contributed by atoms with Crippen molar-refractivity contribution < 1.29 is 4.48 Å². The van der Waals surface area contributed by atoms with Crippen molar-refractivity contribution in [1.29, 1.82) is 0 Å². The summed E-state index contributed by atoms with van der Waals surface area (Å²) in [5, 5.41) is 3.30. The molecule has 47 valence electrons. The summed E-state index contributed by atoms with van der Waals surface area (Å²) < 4.78 is 12.4. The lowest BCUT2D eigenvalue weighted by Crippen LogP contribution is -1.89. The van der Waals surface area contributed by atoms with E-state index in [9.17, 15) is 4.48 Å². The van der Waals surface area contributed by atoms with Crippen LogP contribution in [0.15, 0.2) is 6.07 Å². The maximum absolute atomic E-state index is 12.4. The molecule has 1 fully saturated rings. The first kappa shape index (κ1) is 4.97. The van der Waals surface area contributed by atoms with Crippen molar-refractivity contribution in [2.24, 2.45) is 0 Å². The smallest absolute Gasteiger partial charge is 0.116 e. The Balaban J connectivity index is 2.35. The van der Waals surface area contributed by atoms with E-state index < -0.39 is 0 Å². The van der Waals surface area contributed by atoms with Crippen molar-refractivity contribution in [2.45, 2.75) is 18.8 Å². The lowest BCUT2D eigenvalue weighted by atomic mass is 10.3. The normalized spacial score (nSPS) is 18.3. The van der Waals surface area contributed by atoms with E-state index >= 15 is 0 Å². The van der Waals surface area contributed by atoms with Crippen LogP contribution in [-0.4, -0.2) is 10.0 Å². The van der Waals surface area contributed by atoms with Crippen LogP contribution < -0.4 is 0 Å². The summed E-state index contributed by atoms with van der Waals surface area (Å²) in [6.07, 6.45) is 4.66. The first-order valence-corrected chi connectivity index (χ1v) is 3.00. The second-order valence-electron chi connectivity index (χ2n) is 2.33. The molecule has 0 N–H and O–H groups in total. The van der Waals surface area contributed by atoms with Crippen molar-refractivity contribution in [1.82, 2.24) is 10.0 Å². The molecule has 1 aliphatic rings. The molecule has 2 nitrogen and oxygen atoms in total. The van der Waals surface area contributed by atoms with Crippen LogP contribution in [0.3, 0.4) is 0 Å². The van der Waals surface area contributed by atoms with Gasteiger partial charge in [0.15, 0.2) is 0 Å². The Morgan fingerprint density at radius 1 is 1.78 bits per heavy atom. The molecule has 0 spiro atoms. The zero-order chi connectivity index (χ0) is 6.27. The third-order valence-electron chi connectivity index (χ3n) is 1.57. The summed E-state index contributed by atoms with van der Waals surface area (Å²) in [5.41, 5.74) is 0.676. The number of nitrogens with zero attached hydrogens (tertiary/aromatic N) is 2. The third kappa shape index (κ3) is 0.724. The Morgan fingerprint density at radius 2 is 2.56 bits per heavy atom. The highest BCUT2D eigenvalue weighted by Gasteiger charge is 2.27. The monoisotopic (exact) mass is 125 g/mol. The predicted octanol–water partition coefficient (Wildman–Crippen LogP) is 1.29. The molecule has 0 aromatic carbocycles. The van der Waals surface area contributed by atoms with Crippen molar-refractivity contribution in [3.63, 3.8) is 0 Å². The molecule has 0 saturated heterocycles. The van der Waals surface area contributed by atoms with Crippen molar-refractivity contribution >= 4 is 0 Å². The molecule has 0 unspecified atom stereocenters. The summed E-state index contributed by atoms with van der Waals surface area (Å²) in [7, 11) is 0. The van der Waals surface area contributed by atoms with Gasteiger partial charge in [0.1, 0.15) is 6.20 Å². The quantitative estimate of drug-likeness (QED) is 0.553. The van der Waals surface area contributed by atoms with Crippen LogP contribution in [0.2, 0.25) is 0 Å². The number of halogens is 1. The molecular weight excluding hydrogens is 119 g/mol. The lowest BCUT2D eigenvalue weighted by Gasteiger charge is -1.89. The summed E-state index contributed by atoms with van der Waals surface area (Å²) >= 11 is 0. The number of rotatable bonds is 1. The van der Waals surface area contributed by atoms with E-state index in [0.717, 1.165) is 12.8 Å². The highest BCUT2D eigenvalue weighted by Crippen LogP contribution is 2.39. The molecule has 2 rings (SSSR count). The maximum Gasteiger partial charge on any atom is 0.116 e. The fourth-order valence-electron chi connectivity index (χ4n) is 0.904. The van der Waals surface area contributed by atoms with E-state index in [1.54, 1.807) is 6.07 Å². The van der Waals surface area contributed by atoms with Gasteiger partial charge in [-0.3, -0.25) is 0 Å². The van der Waals surface area contributed by atoms with Gasteiger partial charge in [-0.15, -0.1) is 5.10 Å². The minimum Gasteiger partial charge on any atom is -0.140 e. The molecule has 0 amide bonds. The van der Waals surface area contributed by atoms with Crippen LogP contribution >= 0.6 is 0 Å². The molecule has 0 bridgehead atoms. The standard InChI is InChI=1S/C6H6FN2/c7-9-6(3-4-8-9)5-1-2-5/h3,5H,1-2H2. The van der Waals surface area contributed by atoms with E-state index in [-0.39, 0.29) is 0 Å². The highest BCUT2D eigenvalue weighted by molar-refractivity contribution is 5.11. The van der Waals surface area contributed by atoms with Gasteiger partial charge in [0.25, 0.3) is 0 Å².